The molecule has 0 unspecified atom stereocenters. The molecule has 4 aromatic rings. The van der Waals surface area contributed by atoms with Crippen LogP contribution in [0.15, 0.2) is 54.3 Å². The van der Waals surface area contributed by atoms with Crippen LogP contribution in [0.2, 0.25) is 0 Å². The van der Waals surface area contributed by atoms with Gasteiger partial charge in [-0.05, 0) is 44.6 Å². The van der Waals surface area contributed by atoms with Gasteiger partial charge in [0, 0.05) is 60.5 Å². The summed E-state index contributed by atoms with van der Waals surface area (Å²) in [6.45, 7) is -0.385. The summed E-state index contributed by atoms with van der Waals surface area (Å²) in [6, 6.07) is 0.545. The van der Waals surface area contributed by atoms with Crippen LogP contribution in [0.3, 0.4) is 0 Å². The van der Waals surface area contributed by atoms with Crippen LogP contribution in [0.1, 0.15) is 44.1 Å². The fraction of sp³-hybridized carbons (Fsp3) is 0.419. The number of pyridine rings is 1. The average molecular weight is 718 g/mol. The summed E-state index contributed by atoms with van der Waals surface area (Å²) < 4.78 is 90.5. The highest BCUT2D eigenvalue weighted by Gasteiger charge is 2.45. The van der Waals surface area contributed by atoms with Gasteiger partial charge in [-0.15, -0.1) is 0 Å². The van der Waals surface area contributed by atoms with E-state index < -0.39 is 45.1 Å². The SMILES string of the molecule is COc1ncc(-c2cnc(N(C(=O)OCC3(F)CC3)[C@H]3CC[C@H](Nc4ncc(C(F)(F)F)c(-c5cncc(S(C)(=O)=O)c5)n4)CC3)cn2)cn1. The summed E-state index contributed by atoms with van der Waals surface area (Å²) in [5.74, 6) is 0.0908. The van der Waals surface area contributed by atoms with Gasteiger partial charge >= 0.3 is 18.3 Å². The molecule has 2 aliphatic carbocycles. The Morgan fingerprint density at radius 3 is 2.28 bits per heavy atom. The van der Waals surface area contributed by atoms with Crippen LogP contribution in [-0.4, -0.2) is 87.1 Å². The van der Waals surface area contributed by atoms with Gasteiger partial charge in [0.2, 0.25) is 5.95 Å². The predicted octanol–water partition coefficient (Wildman–Crippen LogP) is 5.08. The quantitative estimate of drug-likeness (QED) is 0.215. The lowest BCUT2D eigenvalue weighted by molar-refractivity contribution is -0.137. The van der Waals surface area contributed by atoms with E-state index in [1.54, 1.807) is 0 Å². The molecule has 0 spiro atoms. The maximum atomic E-state index is 14.4. The van der Waals surface area contributed by atoms with E-state index in [1.807, 2.05) is 0 Å². The number of amides is 1. The number of carbonyl (C=O) groups excluding carboxylic acids is 1. The predicted molar refractivity (Wildman–Crippen MR) is 170 cm³/mol. The van der Waals surface area contributed by atoms with Crippen molar-refractivity contribution in [2.24, 2.45) is 0 Å². The Morgan fingerprint density at radius 1 is 0.960 bits per heavy atom. The van der Waals surface area contributed by atoms with Crippen molar-refractivity contribution in [1.29, 1.82) is 0 Å². The number of hydrogen-bond donors (Lipinski definition) is 1. The minimum atomic E-state index is -4.82. The van der Waals surface area contributed by atoms with Crippen LogP contribution < -0.4 is 15.0 Å². The zero-order valence-electron chi connectivity index (χ0n) is 26.8. The number of methoxy groups -OCH3 is 1. The maximum Gasteiger partial charge on any atom is 0.419 e. The van der Waals surface area contributed by atoms with Gasteiger partial charge in [-0.3, -0.25) is 14.9 Å². The van der Waals surface area contributed by atoms with Crippen LogP contribution >= 0.6 is 0 Å². The smallest absolute Gasteiger partial charge is 0.419 e. The third kappa shape index (κ3) is 8.03. The number of alkyl halides is 4. The number of nitrogens with one attached hydrogen (secondary N) is 1. The van der Waals surface area contributed by atoms with Crippen molar-refractivity contribution in [3.05, 3.63) is 55.0 Å². The van der Waals surface area contributed by atoms with Gasteiger partial charge in [-0.25, -0.2) is 42.5 Å². The molecule has 6 rings (SSSR count). The number of carbonyl (C=O) groups is 1. The van der Waals surface area contributed by atoms with Gasteiger partial charge in [-0.1, -0.05) is 0 Å². The molecular formula is C31H31F4N9O5S. The van der Waals surface area contributed by atoms with Crippen LogP contribution in [0, 0.1) is 0 Å². The maximum absolute atomic E-state index is 14.4. The summed E-state index contributed by atoms with van der Waals surface area (Å²) in [4.78, 5) is 43.2. The number of halogens is 4. The van der Waals surface area contributed by atoms with Gasteiger partial charge in [0.25, 0.3) is 0 Å². The zero-order chi connectivity index (χ0) is 35.7. The molecule has 0 aliphatic heterocycles. The second kappa shape index (κ2) is 13.7. The van der Waals surface area contributed by atoms with Crippen molar-refractivity contribution >= 4 is 27.7 Å². The van der Waals surface area contributed by atoms with Gasteiger partial charge < -0.3 is 14.8 Å². The molecule has 4 aromatic heterocycles. The lowest BCUT2D eigenvalue weighted by Crippen LogP contribution is -2.45. The molecule has 0 bridgehead atoms. The zero-order valence-corrected chi connectivity index (χ0v) is 27.6. The summed E-state index contributed by atoms with van der Waals surface area (Å²) in [5.41, 5.74) is -2.35. The van der Waals surface area contributed by atoms with E-state index >= 15 is 0 Å². The fourth-order valence-electron chi connectivity index (χ4n) is 5.41. The highest BCUT2D eigenvalue weighted by atomic mass is 32.2. The molecule has 2 saturated carbocycles. The molecular weight excluding hydrogens is 686 g/mol. The number of sulfone groups is 1. The number of rotatable bonds is 10. The third-order valence-electron chi connectivity index (χ3n) is 8.34. The highest BCUT2D eigenvalue weighted by molar-refractivity contribution is 7.90. The first-order valence-corrected chi connectivity index (χ1v) is 17.3. The summed E-state index contributed by atoms with van der Waals surface area (Å²) in [5, 5.41) is 3.07. The Labute approximate surface area is 283 Å². The van der Waals surface area contributed by atoms with E-state index in [9.17, 15) is 30.8 Å². The Morgan fingerprint density at radius 2 is 1.68 bits per heavy atom. The van der Waals surface area contributed by atoms with E-state index in [4.69, 9.17) is 9.47 Å². The largest absolute Gasteiger partial charge is 0.467 e. The minimum Gasteiger partial charge on any atom is -0.467 e. The summed E-state index contributed by atoms with van der Waals surface area (Å²) >= 11 is 0. The Bertz CT molecular complexity index is 1960. The van der Waals surface area contributed by atoms with Crippen LogP contribution in [-0.2, 0) is 20.8 Å². The molecule has 0 radical (unpaired) electrons. The number of ether oxygens (including phenoxy) is 2. The number of anilines is 2. The lowest BCUT2D eigenvalue weighted by atomic mass is 9.90. The van der Waals surface area contributed by atoms with Crippen LogP contribution in [0.25, 0.3) is 22.5 Å². The summed E-state index contributed by atoms with van der Waals surface area (Å²) in [7, 11) is -2.31. The first-order chi connectivity index (χ1) is 23.7. The minimum absolute atomic E-state index is 0.0980. The molecule has 19 heteroatoms. The van der Waals surface area contributed by atoms with E-state index in [1.165, 1.54) is 36.8 Å². The molecule has 0 atom stereocenters. The fourth-order valence-corrected chi connectivity index (χ4v) is 6.00. The normalized spacial score (nSPS) is 18.6. The molecule has 2 aliphatic rings. The van der Waals surface area contributed by atoms with E-state index in [-0.39, 0.29) is 40.9 Å². The van der Waals surface area contributed by atoms with Crippen LogP contribution in [0.4, 0.5) is 34.1 Å². The Hall–Kier alpha value is -5.07. The van der Waals surface area contributed by atoms with Crippen molar-refractivity contribution in [3.8, 4) is 28.5 Å². The Balaban J connectivity index is 1.19. The topological polar surface area (TPSA) is 175 Å². The highest BCUT2D eigenvalue weighted by Crippen LogP contribution is 2.40. The van der Waals surface area contributed by atoms with Crippen molar-refractivity contribution in [2.45, 2.75) is 67.3 Å². The second-order valence-electron chi connectivity index (χ2n) is 12.1. The number of aromatic nitrogens is 7. The standard InChI is InChI=1S/C31H31F4N9O5S/c1-48-28-40-11-19(12-41-28)24-15-38-25(16-37-24)44(29(45)49-17-30(32)7-8-30)21-5-3-20(4-6-21)42-27-39-14-23(31(33,34)35)26(43-27)18-9-22(13-36-10-18)50(2,46)47/h9-16,20-21H,3-8,17H2,1-2H3,(H,39,42,43)/t20-,21-. The molecule has 0 aromatic carbocycles. The van der Waals surface area contributed by atoms with Gasteiger partial charge in [0.05, 0.1) is 35.8 Å². The first kappa shape index (κ1) is 34.8. The van der Waals surface area contributed by atoms with E-state index in [2.05, 4.69) is 40.2 Å². The molecule has 264 valence electrons. The van der Waals surface area contributed by atoms with Crippen molar-refractivity contribution in [2.75, 3.05) is 30.2 Å². The van der Waals surface area contributed by atoms with E-state index in [0.29, 0.717) is 56.0 Å². The van der Waals surface area contributed by atoms with Gasteiger partial charge in [0.1, 0.15) is 17.8 Å². The first-order valence-electron chi connectivity index (χ1n) is 15.4. The third-order valence-corrected chi connectivity index (χ3v) is 9.42. The van der Waals surface area contributed by atoms with E-state index in [0.717, 1.165) is 24.7 Å². The molecule has 50 heavy (non-hydrogen) atoms. The van der Waals surface area contributed by atoms with Crippen molar-refractivity contribution in [1.82, 2.24) is 34.9 Å². The Kier molecular flexibility index (Phi) is 9.52. The molecule has 4 heterocycles. The van der Waals surface area contributed by atoms with Gasteiger partial charge in [-0.2, -0.15) is 13.2 Å². The number of nitrogens with zero attached hydrogens (tertiary/aromatic N) is 8. The summed E-state index contributed by atoms with van der Waals surface area (Å²) in [6.07, 6.45) is 6.32. The monoisotopic (exact) mass is 717 g/mol. The lowest BCUT2D eigenvalue weighted by Gasteiger charge is -2.35. The average Bonchev–Trinajstić information content (AvgIpc) is 3.84. The van der Waals surface area contributed by atoms with Crippen molar-refractivity contribution in [3.63, 3.8) is 0 Å². The molecule has 14 nitrogen and oxygen atoms in total. The van der Waals surface area contributed by atoms with Crippen LogP contribution in [0.5, 0.6) is 6.01 Å². The van der Waals surface area contributed by atoms with Gasteiger partial charge in [0.15, 0.2) is 15.7 Å². The molecule has 0 saturated heterocycles. The molecule has 1 amide bonds. The molecule has 1 N–H and O–H groups in total. The number of hydrogen-bond acceptors (Lipinski definition) is 13. The van der Waals surface area contributed by atoms with Crippen molar-refractivity contribution < 1.29 is 40.2 Å². The second-order valence-corrected chi connectivity index (χ2v) is 14.1. The molecule has 2 fully saturated rings.